The summed E-state index contributed by atoms with van der Waals surface area (Å²) in [5.74, 6) is 0.602. The number of ether oxygens (including phenoxy) is 2. The highest BCUT2D eigenvalue weighted by Gasteiger charge is 2.06. The number of carbonyl (C=O) groups excluding carboxylic acids is 1. The van der Waals surface area contributed by atoms with Gasteiger partial charge in [0.15, 0.2) is 6.29 Å². The maximum atomic E-state index is 10.3. The van der Waals surface area contributed by atoms with E-state index in [9.17, 15) is 4.79 Å². The van der Waals surface area contributed by atoms with Crippen LogP contribution in [0, 0.1) is 0 Å². The first-order valence-electron chi connectivity index (χ1n) is 4.85. The van der Waals surface area contributed by atoms with E-state index < -0.39 is 0 Å². The maximum Gasteiger partial charge on any atom is 0.211 e. The molecule has 1 N–H and O–H groups in total. The summed E-state index contributed by atoms with van der Waals surface area (Å²) in [6, 6.07) is 7.21. The van der Waals surface area contributed by atoms with E-state index in [0.717, 1.165) is 0 Å². The Balaban J connectivity index is 2.70. The first kappa shape index (κ1) is 11.5. The third-order valence-electron chi connectivity index (χ3n) is 1.80. The van der Waals surface area contributed by atoms with Crippen molar-refractivity contribution in [2.24, 2.45) is 0 Å². The lowest BCUT2D eigenvalue weighted by atomic mass is 10.3. The second-order valence-corrected chi connectivity index (χ2v) is 2.90. The summed E-state index contributed by atoms with van der Waals surface area (Å²) in [7, 11) is 0. The molecule has 0 aliphatic rings. The largest absolute Gasteiger partial charge is 0.463 e. The van der Waals surface area contributed by atoms with Crippen LogP contribution in [0.25, 0.3) is 0 Å². The van der Waals surface area contributed by atoms with Crippen LogP contribution < -0.4 is 10.1 Å². The molecular weight excluding hydrogens is 194 g/mol. The Morgan fingerprint density at radius 1 is 1.47 bits per heavy atom. The van der Waals surface area contributed by atoms with Gasteiger partial charge in [-0.1, -0.05) is 12.1 Å². The minimum atomic E-state index is -0.329. The molecule has 1 rings (SSSR count). The van der Waals surface area contributed by atoms with Crippen LogP contribution in [0.5, 0.6) is 5.75 Å². The lowest BCUT2D eigenvalue weighted by molar-refractivity contribution is -0.105. The lowest BCUT2D eigenvalue weighted by Crippen LogP contribution is -2.16. The van der Waals surface area contributed by atoms with Crippen molar-refractivity contribution in [3.05, 3.63) is 24.3 Å². The Kier molecular flexibility index (Phi) is 4.63. The highest BCUT2D eigenvalue weighted by molar-refractivity contribution is 5.75. The number of carbonyl (C=O) groups is 1. The normalized spacial score (nSPS) is 11.9. The molecule has 4 heteroatoms. The van der Waals surface area contributed by atoms with Crippen LogP contribution in [0.15, 0.2) is 24.3 Å². The van der Waals surface area contributed by atoms with Crippen LogP contribution in [0.1, 0.15) is 13.8 Å². The molecule has 15 heavy (non-hydrogen) atoms. The average molecular weight is 209 g/mol. The molecule has 0 aromatic heterocycles. The van der Waals surface area contributed by atoms with E-state index in [1.807, 2.05) is 19.1 Å². The summed E-state index contributed by atoms with van der Waals surface area (Å²) in [5.41, 5.74) is 0.638. The molecule has 0 radical (unpaired) electrons. The molecule has 0 spiro atoms. The standard InChI is InChI=1S/C11H15NO3/c1-3-14-9(2)15-11-7-5-4-6-10(11)12-8-13/h4-9H,3H2,1-2H3,(H,12,13). The van der Waals surface area contributed by atoms with Gasteiger partial charge >= 0.3 is 0 Å². The van der Waals surface area contributed by atoms with Crippen LogP contribution in [-0.4, -0.2) is 19.3 Å². The van der Waals surface area contributed by atoms with Gasteiger partial charge in [-0.3, -0.25) is 4.79 Å². The van der Waals surface area contributed by atoms with Gasteiger partial charge in [-0.25, -0.2) is 0 Å². The zero-order valence-corrected chi connectivity index (χ0v) is 8.90. The zero-order chi connectivity index (χ0) is 11.1. The van der Waals surface area contributed by atoms with Crippen molar-refractivity contribution in [2.45, 2.75) is 20.1 Å². The number of hydrogen-bond acceptors (Lipinski definition) is 3. The molecule has 1 amide bonds. The van der Waals surface area contributed by atoms with Crippen molar-refractivity contribution in [2.75, 3.05) is 11.9 Å². The molecular formula is C11H15NO3. The van der Waals surface area contributed by atoms with Crippen molar-refractivity contribution < 1.29 is 14.3 Å². The summed E-state index contributed by atoms with van der Waals surface area (Å²) in [5, 5.41) is 2.56. The van der Waals surface area contributed by atoms with Crippen LogP contribution in [0.2, 0.25) is 0 Å². The Bertz CT molecular complexity index is 314. The van der Waals surface area contributed by atoms with E-state index in [2.05, 4.69) is 5.32 Å². The van der Waals surface area contributed by atoms with Crippen molar-refractivity contribution >= 4 is 12.1 Å². The molecule has 0 fully saturated rings. The van der Waals surface area contributed by atoms with Crippen molar-refractivity contribution in [1.29, 1.82) is 0 Å². The molecule has 1 aromatic rings. The van der Waals surface area contributed by atoms with Gasteiger partial charge in [0, 0.05) is 6.61 Å². The van der Waals surface area contributed by atoms with Gasteiger partial charge in [-0.2, -0.15) is 0 Å². The predicted octanol–water partition coefficient (Wildman–Crippen LogP) is 2.02. The Morgan fingerprint density at radius 3 is 2.87 bits per heavy atom. The second-order valence-electron chi connectivity index (χ2n) is 2.90. The van der Waals surface area contributed by atoms with Crippen LogP contribution in [0.3, 0.4) is 0 Å². The number of anilines is 1. The number of rotatable bonds is 6. The van der Waals surface area contributed by atoms with Gasteiger partial charge in [-0.15, -0.1) is 0 Å². The van der Waals surface area contributed by atoms with Crippen molar-refractivity contribution in [3.8, 4) is 5.75 Å². The third kappa shape index (κ3) is 3.59. The van der Waals surface area contributed by atoms with Gasteiger partial charge in [0.05, 0.1) is 5.69 Å². The molecule has 0 heterocycles. The highest BCUT2D eigenvalue weighted by Crippen LogP contribution is 2.24. The first-order chi connectivity index (χ1) is 7.27. The van der Waals surface area contributed by atoms with E-state index in [1.54, 1.807) is 19.1 Å². The monoisotopic (exact) mass is 209 g/mol. The second kappa shape index (κ2) is 6.03. The molecule has 0 bridgehead atoms. The predicted molar refractivity (Wildman–Crippen MR) is 57.8 cm³/mol. The minimum Gasteiger partial charge on any atom is -0.463 e. The van der Waals surface area contributed by atoms with E-state index in [-0.39, 0.29) is 6.29 Å². The Morgan fingerprint density at radius 2 is 2.20 bits per heavy atom. The molecule has 4 nitrogen and oxygen atoms in total. The molecule has 0 saturated carbocycles. The smallest absolute Gasteiger partial charge is 0.211 e. The summed E-state index contributed by atoms with van der Waals surface area (Å²) in [6.07, 6.45) is 0.290. The quantitative estimate of drug-likeness (QED) is 0.576. The van der Waals surface area contributed by atoms with Gasteiger partial charge < -0.3 is 14.8 Å². The van der Waals surface area contributed by atoms with Crippen LogP contribution in [-0.2, 0) is 9.53 Å². The van der Waals surface area contributed by atoms with Gasteiger partial charge in [0.25, 0.3) is 0 Å². The van der Waals surface area contributed by atoms with E-state index in [0.29, 0.717) is 24.5 Å². The maximum absolute atomic E-state index is 10.3. The van der Waals surface area contributed by atoms with E-state index in [1.165, 1.54) is 0 Å². The van der Waals surface area contributed by atoms with Crippen molar-refractivity contribution in [1.82, 2.24) is 0 Å². The molecule has 1 unspecified atom stereocenters. The number of para-hydroxylation sites is 2. The first-order valence-corrected chi connectivity index (χ1v) is 4.85. The molecule has 1 atom stereocenters. The fourth-order valence-electron chi connectivity index (χ4n) is 1.20. The minimum absolute atomic E-state index is 0.329. The topological polar surface area (TPSA) is 47.6 Å². The van der Waals surface area contributed by atoms with Gasteiger partial charge in [0.1, 0.15) is 5.75 Å². The Hall–Kier alpha value is -1.55. The van der Waals surface area contributed by atoms with Gasteiger partial charge in [-0.05, 0) is 26.0 Å². The van der Waals surface area contributed by atoms with Crippen LogP contribution >= 0.6 is 0 Å². The molecule has 1 aromatic carbocycles. The summed E-state index contributed by atoms with van der Waals surface area (Å²) in [6.45, 7) is 4.29. The fourth-order valence-corrected chi connectivity index (χ4v) is 1.20. The molecule has 0 aliphatic carbocycles. The Labute approximate surface area is 89.2 Å². The zero-order valence-electron chi connectivity index (χ0n) is 8.90. The van der Waals surface area contributed by atoms with Crippen molar-refractivity contribution in [3.63, 3.8) is 0 Å². The van der Waals surface area contributed by atoms with E-state index in [4.69, 9.17) is 9.47 Å². The number of amides is 1. The van der Waals surface area contributed by atoms with E-state index >= 15 is 0 Å². The summed E-state index contributed by atoms with van der Waals surface area (Å²) >= 11 is 0. The van der Waals surface area contributed by atoms with Crippen LogP contribution in [0.4, 0.5) is 5.69 Å². The van der Waals surface area contributed by atoms with Gasteiger partial charge in [0.2, 0.25) is 6.41 Å². The molecule has 82 valence electrons. The molecule has 0 aliphatic heterocycles. The number of hydrogen-bond donors (Lipinski definition) is 1. The summed E-state index contributed by atoms with van der Waals surface area (Å²) < 4.78 is 10.7. The SMILES string of the molecule is CCOC(C)Oc1ccccc1NC=O. The highest BCUT2D eigenvalue weighted by atomic mass is 16.7. The average Bonchev–Trinajstić information content (AvgIpc) is 2.21. The third-order valence-corrected chi connectivity index (χ3v) is 1.80. The number of benzene rings is 1. The fraction of sp³-hybridized carbons (Fsp3) is 0.364. The molecule has 0 saturated heterocycles. The number of nitrogens with one attached hydrogen (secondary N) is 1. The summed E-state index contributed by atoms with van der Waals surface area (Å²) in [4.78, 5) is 10.3. The lowest BCUT2D eigenvalue weighted by Gasteiger charge is -2.16.